The smallest absolute Gasteiger partial charge is 0.307 e. The Hall–Kier alpha value is -1.59. The van der Waals surface area contributed by atoms with Crippen molar-refractivity contribution in [3.05, 3.63) is 0 Å². The average Bonchev–Trinajstić information content (AvgIpc) is 2.16. The minimum atomic E-state index is -0.970. The highest BCUT2D eigenvalue weighted by molar-refractivity contribution is 5.80. The van der Waals surface area contributed by atoms with Crippen molar-refractivity contribution < 1.29 is 29.7 Å². The van der Waals surface area contributed by atoms with E-state index in [1.807, 2.05) is 0 Å². The fourth-order valence-corrected chi connectivity index (χ4v) is 1.72. The lowest BCUT2D eigenvalue weighted by atomic mass is 9.79. The minimum absolute atomic E-state index is 0.506. The van der Waals surface area contributed by atoms with Gasteiger partial charge in [0.05, 0.1) is 11.8 Å². The molecule has 0 aromatic heterocycles. The Morgan fingerprint density at radius 3 is 1.31 bits per heavy atom. The quantitative estimate of drug-likeness (QED) is 0.656. The molecular weight excluding hydrogens is 216 g/mol. The zero-order chi connectivity index (χ0) is 12.7. The summed E-state index contributed by atoms with van der Waals surface area (Å²) in [4.78, 5) is 30.2. The predicted octanol–water partition coefficient (Wildman–Crippen LogP) is 1.05. The summed E-state index contributed by atoms with van der Waals surface area (Å²) >= 11 is 0. The van der Waals surface area contributed by atoms with Crippen LogP contribution in [0.3, 0.4) is 0 Å². The summed E-state index contributed by atoms with van der Waals surface area (Å²) in [6, 6.07) is 0. The lowest BCUT2D eigenvalue weighted by Gasteiger charge is -2.24. The van der Waals surface area contributed by atoms with Crippen LogP contribution in [0.1, 0.15) is 32.6 Å². The van der Waals surface area contributed by atoms with E-state index in [1.165, 1.54) is 0 Å². The summed E-state index contributed by atoms with van der Waals surface area (Å²) in [5.41, 5.74) is 0. The zero-order valence-electron chi connectivity index (χ0n) is 9.05. The highest BCUT2D eigenvalue weighted by atomic mass is 16.4. The average molecular weight is 232 g/mol. The first-order valence-electron chi connectivity index (χ1n) is 5.01. The second-order valence-electron chi connectivity index (χ2n) is 3.69. The van der Waals surface area contributed by atoms with Gasteiger partial charge in [-0.3, -0.25) is 14.4 Å². The van der Waals surface area contributed by atoms with Crippen molar-refractivity contribution in [2.45, 2.75) is 32.6 Å². The molecule has 0 heterocycles. The first-order valence-corrected chi connectivity index (χ1v) is 5.01. The van der Waals surface area contributed by atoms with Crippen molar-refractivity contribution in [1.29, 1.82) is 0 Å². The molecule has 2 atom stereocenters. The molecule has 6 heteroatoms. The normalized spacial score (nSPS) is 23.8. The second-order valence-corrected chi connectivity index (χ2v) is 3.69. The standard InChI is InChI=1S/C8H12O4.C2H4O2/c9-7(10)5-3-1-2-4-6(5)8(11)12;1-2(3)4/h5-6H,1-4H2,(H,9,10)(H,11,12);1H3,(H,3,4). The highest BCUT2D eigenvalue weighted by Crippen LogP contribution is 2.30. The molecule has 0 bridgehead atoms. The maximum Gasteiger partial charge on any atom is 0.307 e. The van der Waals surface area contributed by atoms with E-state index in [1.54, 1.807) is 0 Å². The van der Waals surface area contributed by atoms with Gasteiger partial charge in [0.15, 0.2) is 0 Å². The molecule has 1 aliphatic carbocycles. The molecule has 1 aliphatic rings. The topological polar surface area (TPSA) is 112 Å². The van der Waals surface area contributed by atoms with Crippen LogP contribution in [0.2, 0.25) is 0 Å². The number of rotatable bonds is 2. The Bertz CT molecular complexity index is 246. The van der Waals surface area contributed by atoms with Crippen molar-refractivity contribution in [3.8, 4) is 0 Å². The van der Waals surface area contributed by atoms with Crippen LogP contribution in [0.4, 0.5) is 0 Å². The third-order valence-electron chi connectivity index (χ3n) is 2.40. The molecule has 0 radical (unpaired) electrons. The van der Waals surface area contributed by atoms with Gasteiger partial charge in [0.2, 0.25) is 0 Å². The van der Waals surface area contributed by atoms with Crippen LogP contribution >= 0.6 is 0 Å². The number of aliphatic carboxylic acids is 3. The summed E-state index contributed by atoms with van der Waals surface area (Å²) in [6.45, 7) is 1.08. The van der Waals surface area contributed by atoms with Crippen molar-refractivity contribution >= 4 is 17.9 Å². The molecular formula is C10H16O6. The lowest BCUT2D eigenvalue weighted by Crippen LogP contribution is -2.32. The molecule has 0 aliphatic heterocycles. The number of carbonyl (C=O) groups is 3. The van der Waals surface area contributed by atoms with E-state index in [2.05, 4.69) is 0 Å². The van der Waals surface area contributed by atoms with Crippen LogP contribution in [0.15, 0.2) is 0 Å². The largest absolute Gasteiger partial charge is 0.481 e. The lowest BCUT2D eigenvalue weighted by molar-refractivity contribution is -0.155. The minimum Gasteiger partial charge on any atom is -0.481 e. The van der Waals surface area contributed by atoms with Crippen LogP contribution in [0.25, 0.3) is 0 Å². The van der Waals surface area contributed by atoms with Gasteiger partial charge in [-0.1, -0.05) is 12.8 Å². The Morgan fingerprint density at radius 1 is 0.875 bits per heavy atom. The predicted molar refractivity (Wildman–Crippen MR) is 54.0 cm³/mol. The van der Waals surface area contributed by atoms with E-state index in [0.29, 0.717) is 12.8 Å². The van der Waals surface area contributed by atoms with Crippen LogP contribution in [0.5, 0.6) is 0 Å². The van der Waals surface area contributed by atoms with Gasteiger partial charge in [-0.2, -0.15) is 0 Å². The van der Waals surface area contributed by atoms with Crippen molar-refractivity contribution in [3.63, 3.8) is 0 Å². The van der Waals surface area contributed by atoms with Gasteiger partial charge in [0.1, 0.15) is 0 Å². The molecule has 1 fully saturated rings. The number of hydrogen-bond acceptors (Lipinski definition) is 3. The Labute approximate surface area is 92.9 Å². The number of carboxylic acid groups (broad SMARTS) is 3. The third kappa shape index (κ3) is 5.33. The summed E-state index contributed by atoms with van der Waals surface area (Å²) < 4.78 is 0. The molecule has 1 saturated carbocycles. The fourth-order valence-electron chi connectivity index (χ4n) is 1.72. The molecule has 2 unspecified atom stereocenters. The molecule has 0 aromatic carbocycles. The Morgan fingerprint density at radius 2 is 1.12 bits per heavy atom. The number of hydrogen-bond donors (Lipinski definition) is 3. The molecule has 0 spiro atoms. The van der Waals surface area contributed by atoms with E-state index in [4.69, 9.17) is 20.1 Å². The molecule has 16 heavy (non-hydrogen) atoms. The molecule has 6 nitrogen and oxygen atoms in total. The van der Waals surface area contributed by atoms with Gasteiger partial charge in [0.25, 0.3) is 5.97 Å². The zero-order valence-corrected chi connectivity index (χ0v) is 9.05. The maximum atomic E-state index is 10.6. The molecule has 0 aromatic rings. The monoisotopic (exact) mass is 232 g/mol. The van der Waals surface area contributed by atoms with Gasteiger partial charge in [0, 0.05) is 6.92 Å². The molecule has 1 rings (SSSR count). The third-order valence-corrected chi connectivity index (χ3v) is 2.40. The molecule has 3 N–H and O–H groups in total. The van der Waals surface area contributed by atoms with Gasteiger partial charge < -0.3 is 15.3 Å². The Balaban J connectivity index is 0.000000487. The van der Waals surface area contributed by atoms with Crippen LogP contribution in [0, 0.1) is 11.8 Å². The SMILES string of the molecule is CC(=O)O.O=C(O)C1CCCCC1C(=O)O. The molecule has 0 amide bonds. The molecule has 92 valence electrons. The second kappa shape index (κ2) is 6.81. The van der Waals surface area contributed by atoms with Gasteiger partial charge in [-0.25, -0.2) is 0 Å². The summed E-state index contributed by atoms with van der Waals surface area (Å²) in [6.07, 6.45) is 2.68. The van der Waals surface area contributed by atoms with Crippen LogP contribution < -0.4 is 0 Å². The van der Waals surface area contributed by atoms with Gasteiger partial charge in [-0.15, -0.1) is 0 Å². The fraction of sp³-hybridized carbons (Fsp3) is 0.700. The van der Waals surface area contributed by atoms with E-state index < -0.39 is 29.7 Å². The summed E-state index contributed by atoms with van der Waals surface area (Å²) in [5, 5.41) is 24.8. The van der Waals surface area contributed by atoms with Crippen molar-refractivity contribution in [2.24, 2.45) is 11.8 Å². The van der Waals surface area contributed by atoms with E-state index >= 15 is 0 Å². The highest BCUT2D eigenvalue weighted by Gasteiger charge is 2.35. The van der Waals surface area contributed by atoms with Gasteiger partial charge >= 0.3 is 11.9 Å². The van der Waals surface area contributed by atoms with E-state index in [0.717, 1.165) is 19.8 Å². The summed E-state index contributed by atoms with van der Waals surface area (Å²) in [5.74, 6) is -4.11. The van der Waals surface area contributed by atoms with Crippen LogP contribution in [-0.2, 0) is 14.4 Å². The van der Waals surface area contributed by atoms with E-state index in [9.17, 15) is 9.59 Å². The first kappa shape index (κ1) is 14.4. The van der Waals surface area contributed by atoms with Gasteiger partial charge in [-0.05, 0) is 12.8 Å². The first-order chi connectivity index (χ1) is 7.36. The van der Waals surface area contributed by atoms with Crippen molar-refractivity contribution in [1.82, 2.24) is 0 Å². The number of carboxylic acids is 3. The van der Waals surface area contributed by atoms with Crippen molar-refractivity contribution in [2.75, 3.05) is 0 Å². The maximum absolute atomic E-state index is 10.6. The van der Waals surface area contributed by atoms with Crippen LogP contribution in [-0.4, -0.2) is 33.2 Å². The summed E-state index contributed by atoms with van der Waals surface area (Å²) in [7, 11) is 0. The molecule has 0 saturated heterocycles. The Kier molecular flexibility index (Phi) is 6.14. The van der Waals surface area contributed by atoms with E-state index in [-0.39, 0.29) is 0 Å².